The fraction of sp³-hybridized carbons (Fsp3) is 0.889. The van der Waals surface area contributed by atoms with Crippen LogP contribution in [0, 0.1) is 0 Å². The van der Waals surface area contributed by atoms with Crippen LogP contribution in [0.1, 0.15) is 6.42 Å². The van der Waals surface area contributed by atoms with E-state index in [0.717, 1.165) is 0 Å². The Labute approximate surface area is 102 Å². The van der Waals surface area contributed by atoms with Gasteiger partial charge in [0.15, 0.2) is 0 Å². The molecule has 0 aromatic heterocycles. The fourth-order valence-corrected chi connectivity index (χ4v) is 1.75. The zero-order chi connectivity index (χ0) is 14.1. The molecule has 18 heavy (non-hydrogen) atoms. The van der Waals surface area contributed by atoms with Crippen LogP contribution in [0.4, 0.5) is 0 Å². The number of aliphatic carboxylic acids is 1. The van der Waals surface area contributed by atoms with Crippen molar-refractivity contribution in [3.05, 3.63) is 0 Å². The monoisotopic (exact) mass is 267 g/mol. The molecule has 0 aliphatic carbocycles. The minimum atomic E-state index is -2.70. The highest BCUT2D eigenvalue weighted by Crippen LogP contribution is 2.29. The lowest BCUT2D eigenvalue weighted by Crippen LogP contribution is -2.65. The van der Waals surface area contributed by atoms with Gasteiger partial charge in [-0.05, 0) is 0 Å². The van der Waals surface area contributed by atoms with Gasteiger partial charge >= 0.3 is 5.97 Å². The fourth-order valence-electron chi connectivity index (χ4n) is 1.75. The third kappa shape index (κ3) is 2.78. The SMILES string of the molecule is N[C@H]1C([C@H](O)[C@H](O)CO)OC(O)(C(=O)O)C[C@H]1O. The number of rotatable bonds is 4. The third-order valence-electron chi connectivity index (χ3n) is 2.89. The molecule has 0 radical (unpaired) electrons. The molecule has 2 unspecified atom stereocenters. The van der Waals surface area contributed by atoms with Crippen molar-refractivity contribution in [2.45, 2.75) is 42.7 Å². The van der Waals surface area contributed by atoms with E-state index in [0.29, 0.717) is 0 Å². The van der Waals surface area contributed by atoms with Crippen molar-refractivity contribution >= 4 is 5.97 Å². The maximum atomic E-state index is 10.8. The summed E-state index contributed by atoms with van der Waals surface area (Å²) < 4.78 is 4.75. The summed E-state index contributed by atoms with van der Waals surface area (Å²) in [5, 5.41) is 55.5. The predicted octanol–water partition coefficient (Wildman–Crippen LogP) is -4.05. The van der Waals surface area contributed by atoms with Gasteiger partial charge in [0.05, 0.1) is 18.8 Å². The summed E-state index contributed by atoms with van der Waals surface area (Å²) in [7, 11) is 0. The van der Waals surface area contributed by atoms with Crippen molar-refractivity contribution in [1.29, 1.82) is 0 Å². The summed E-state index contributed by atoms with van der Waals surface area (Å²) in [5.74, 6) is -4.44. The molecule has 1 rings (SSSR count). The van der Waals surface area contributed by atoms with Crippen LogP contribution in [0.2, 0.25) is 0 Å². The highest BCUT2D eigenvalue weighted by atomic mass is 16.7. The summed E-state index contributed by atoms with van der Waals surface area (Å²) in [4.78, 5) is 10.8. The van der Waals surface area contributed by atoms with E-state index in [1.165, 1.54) is 0 Å². The van der Waals surface area contributed by atoms with E-state index in [-0.39, 0.29) is 0 Å². The van der Waals surface area contributed by atoms with E-state index in [1.807, 2.05) is 0 Å². The first-order valence-electron chi connectivity index (χ1n) is 5.27. The highest BCUT2D eigenvalue weighted by Gasteiger charge is 2.52. The molecular weight excluding hydrogens is 250 g/mol. The molecule has 8 N–H and O–H groups in total. The summed E-state index contributed by atoms with van der Waals surface area (Å²) in [5.41, 5.74) is 5.51. The second-order valence-electron chi connectivity index (χ2n) is 4.26. The first-order valence-corrected chi connectivity index (χ1v) is 5.27. The number of ether oxygens (including phenoxy) is 1. The van der Waals surface area contributed by atoms with Crippen LogP contribution in [-0.4, -0.2) is 79.5 Å². The van der Waals surface area contributed by atoms with Gasteiger partial charge in [0, 0.05) is 6.42 Å². The van der Waals surface area contributed by atoms with Crippen LogP contribution >= 0.6 is 0 Å². The Bertz CT molecular complexity index is 313. The number of carbonyl (C=O) groups is 1. The summed E-state index contributed by atoms with van der Waals surface area (Å²) >= 11 is 0. The number of hydrogen-bond acceptors (Lipinski definition) is 8. The number of hydrogen-bond donors (Lipinski definition) is 7. The van der Waals surface area contributed by atoms with Crippen molar-refractivity contribution in [3.8, 4) is 0 Å². The maximum absolute atomic E-state index is 10.8. The van der Waals surface area contributed by atoms with Crippen LogP contribution < -0.4 is 5.73 Å². The Morgan fingerprint density at radius 3 is 2.50 bits per heavy atom. The summed E-state index contributed by atoms with van der Waals surface area (Å²) in [6.45, 7) is -0.810. The van der Waals surface area contributed by atoms with Gasteiger partial charge in [-0.1, -0.05) is 0 Å². The average Bonchev–Trinajstić information content (AvgIpc) is 2.31. The van der Waals surface area contributed by atoms with Crippen LogP contribution in [0.5, 0.6) is 0 Å². The summed E-state index contributed by atoms with van der Waals surface area (Å²) in [6.07, 6.45) is -7.01. The first-order chi connectivity index (χ1) is 8.23. The van der Waals surface area contributed by atoms with Gasteiger partial charge in [-0.2, -0.15) is 0 Å². The van der Waals surface area contributed by atoms with Crippen LogP contribution in [0.25, 0.3) is 0 Å². The quantitative estimate of drug-likeness (QED) is 0.267. The molecular formula is C9H17NO8. The molecule has 0 saturated carbocycles. The van der Waals surface area contributed by atoms with Gasteiger partial charge in [0.2, 0.25) is 0 Å². The molecule has 9 nitrogen and oxygen atoms in total. The zero-order valence-corrected chi connectivity index (χ0v) is 9.38. The van der Waals surface area contributed by atoms with E-state index in [2.05, 4.69) is 0 Å². The average molecular weight is 267 g/mol. The Hall–Kier alpha value is -0.810. The molecule has 0 aromatic carbocycles. The summed E-state index contributed by atoms with van der Waals surface area (Å²) in [6, 6.07) is -1.21. The number of aliphatic hydroxyl groups excluding tert-OH is 4. The van der Waals surface area contributed by atoms with Crippen LogP contribution in [0.3, 0.4) is 0 Å². The number of aliphatic hydroxyl groups is 5. The van der Waals surface area contributed by atoms with Crippen LogP contribution in [-0.2, 0) is 9.53 Å². The van der Waals surface area contributed by atoms with Gasteiger partial charge < -0.3 is 41.1 Å². The smallest absolute Gasteiger partial charge is 0.364 e. The van der Waals surface area contributed by atoms with E-state index in [1.54, 1.807) is 0 Å². The molecule has 0 aromatic rings. The number of carboxylic acid groups (broad SMARTS) is 1. The molecule has 9 heteroatoms. The lowest BCUT2D eigenvalue weighted by atomic mass is 9.89. The molecule has 1 saturated heterocycles. The van der Waals surface area contributed by atoms with Crippen molar-refractivity contribution in [3.63, 3.8) is 0 Å². The largest absolute Gasteiger partial charge is 0.477 e. The normalized spacial score (nSPS) is 40.2. The maximum Gasteiger partial charge on any atom is 0.364 e. The van der Waals surface area contributed by atoms with Gasteiger partial charge in [-0.3, -0.25) is 0 Å². The minimum Gasteiger partial charge on any atom is -0.477 e. The Kier molecular flexibility index (Phi) is 4.61. The van der Waals surface area contributed by atoms with Crippen molar-refractivity contribution in [1.82, 2.24) is 0 Å². The molecule has 1 heterocycles. The van der Waals surface area contributed by atoms with E-state index in [4.69, 9.17) is 20.7 Å². The zero-order valence-electron chi connectivity index (χ0n) is 9.38. The third-order valence-corrected chi connectivity index (χ3v) is 2.89. The standard InChI is InChI=1S/C9H17NO8/c10-5-3(12)1-9(17,8(15)16)18-7(5)6(14)4(13)2-11/h3-7,11-14,17H,1-2,10H2,(H,15,16)/t3-,4-,5-,6-,7?,9?/m1/s1. The molecule has 106 valence electrons. The van der Waals surface area contributed by atoms with E-state index >= 15 is 0 Å². The topological polar surface area (TPSA) is 174 Å². The molecule has 6 atom stereocenters. The lowest BCUT2D eigenvalue weighted by Gasteiger charge is -2.43. The molecule has 0 bridgehead atoms. The molecule has 1 fully saturated rings. The lowest BCUT2D eigenvalue weighted by molar-refractivity contribution is -0.292. The first kappa shape index (κ1) is 15.2. The molecule has 1 aliphatic rings. The van der Waals surface area contributed by atoms with Gasteiger partial charge in [0.1, 0.15) is 18.3 Å². The predicted molar refractivity (Wildman–Crippen MR) is 55.2 cm³/mol. The van der Waals surface area contributed by atoms with Gasteiger partial charge in [0.25, 0.3) is 5.79 Å². The number of nitrogens with two attached hydrogens (primary N) is 1. The van der Waals surface area contributed by atoms with Crippen molar-refractivity contribution in [2.24, 2.45) is 5.73 Å². The van der Waals surface area contributed by atoms with E-state index < -0.39 is 55.2 Å². The van der Waals surface area contributed by atoms with Crippen LogP contribution in [0.15, 0.2) is 0 Å². The van der Waals surface area contributed by atoms with Crippen molar-refractivity contribution < 1.29 is 40.2 Å². The van der Waals surface area contributed by atoms with Gasteiger partial charge in [-0.25, -0.2) is 4.79 Å². The molecule has 1 aliphatic heterocycles. The molecule has 0 spiro atoms. The highest BCUT2D eigenvalue weighted by molar-refractivity contribution is 5.75. The number of carboxylic acids is 1. The Morgan fingerprint density at radius 1 is 1.50 bits per heavy atom. The van der Waals surface area contributed by atoms with E-state index in [9.17, 15) is 25.2 Å². The molecule has 0 amide bonds. The Morgan fingerprint density at radius 2 is 2.06 bits per heavy atom. The minimum absolute atomic E-state index is 0.665. The van der Waals surface area contributed by atoms with Crippen molar-refractivity contribution in [2.75, 3.05) is 6.61 Å². The second kappa shape index (κ2) is 5.45. The Balaban J connectivity index is 2.92. The van der Waals surface area contributed by atoms with Gasteiger partial charge in [-0.15, -0.1) is 0 Å². The second-order valence-corrected chi connectivity index (χ2v) is 4.26.